The molecule has 1 aromatic heterocycles. The second-order valence-electron chi connectivity index (χ2n) is 6.47. The Morgan fingerprint density at radius 1 is 1.19 bits per heavy atom. The van der Waals surface area contributed by atoms with Gasteiger partial charge in [-0.2, -0.15) is 0 Å². The monoisotopic (exact) mass is 370 g/mol. The second-order valence-corrected chi connectivity index (χ2v) is 7.83. The molecule has 0 aliphatic rings. The fraction of sp³-hybridized carbons (Fsp3) is 0.263. The van der Waals surface area contributed by atoms with Gasteiger partial charge >= 0.3 is 0 Å². The fourth-order valence-corrected chi connectivity index (χ4v) is 3.63. The molecule has 1 heterocycles. The molecule has 0 spiro atoms. The molecule has 0 aliphatic heterocycles. The predicted octanol–water partition coefficient (Wildman–Crippen LogP) is 2.79. The van der Waals surface area contributed by atoms with E-state index in [4.69, 9.17) is 5.73 Å². The highest BCUT2D eigenvalue weighted by molar-refractivity contribution is 7.84. The van der Waals surface area contributed by atoms with E-state index in [0.29, 0.717) is 10.8 Å². The Bertz CT molecular complexity index is 918. The van der Waals surface area contributed by atoms with Crippen LogP contribution in [-0.4, -0.2) is 26.1 Å². The van der Waals surface area contributed by atoms with Gasteiger partial charge in [0.2, 0.25) is 5.91 Å². The number of hydrogen-bond acceptors (Lipinski definition) is 4. The molecule has 0 fully saturated rings. The van der Waals surface area contributed by atoms with Gasteiger partial charge in [0.25, 0.3) is 0 Å². The van der Waals surface area contributed by atoms with Crippen LogP contribution in [0.3, 0.4) is 0 Å². The highest BCUT2D eigenvalue weighted by Crippen LogP contribution is 2.21. The molecule has 136 valence electrons. The van der Waals surface area contributed by atoms with Gasteiger partial charge in [-0.15, -0.1) is 0 Å². The minimum absolute atomic E-state index is 0.0341. The molecule has 0 radical (unpaired) electrons. The van der Waals surface area contributed by atoms with Crippen molar-refractivity contribution in [3.63, 3.8) is 0 Å². The molecule has 0 saturated carbocycles. The molecule has 0 saturated heterocycles. The number of fused-ring (bicyclic) bond motifs is 1. The topological polar surface area (TPSA) is 101 Å². The van der Waals surface area contributed by atoms with E-state index in [9.17, 15) is 9.00 Å². The highest BCUT2D eigenvalue weighted by Gasteiger charge is 2.19. The Labute approximate surface area is 154 Å². The van der Waals surface area contributed by atoms with Gasteiger partial charge < -0.3 is 16.0 Å². The fourth-order valence-electron chi connectivity index (χ4n) is 2.53. The average molecular weight is 370 g/mol. The van der Waals surface area contributed by atoms with Crippen molar-refractivity contribution in [1.82, 2.24) is 9.97 Å². The van der Waals surface area contributed by atoms with Crippen molar-refractivity contribution >= 4 is 33.4 Å². The van der Waals surface area contributed by atoms with Crippen molar-refractivity contribution in [1.29, 1.82) is 0 Å². The van der Waals surface area contributed by atoms with Crippen LogP contribution < -0.4 is 11.1 Å². The third kappa shape index (κ3) is 4.00. The molecule has 2 atom stereocenters. The van der Waals surface area contributed by atoms with Gasteiger partial charge in [0.15, 0.2) is 5.16 Å². The number of rotatable bonds is 6. The molecule has 7 heteroatoms. The van der Waals surface area contributed by atoms with E-state index in [1.165, 1.54) is 0 Å². The van der Waals surface area contributed by atoms with Gasteiger partial charge in [0, 0.05) is 5.69 Å². The standard InChI is InChI=1S/C19H22N4O2S/c1-12(2)17(20)18(24)21-14-8-4-3-7-13(14)11-26(25)19-22-15-9-5-6-10-16(15)23-19/h3-10,12,17H,11,20H2,1-2H3,(H,21,24)(H,22,23)/t17-,26?/m0/s1. The zero-order valence-electron chi connectivity index (χ0n) is 14.7. The van der Waals surface area contributed by atoms with Crippen molar-refractivity contribution in [2.45, 2.75) is 30.8 Å². The van der Waals surface area contributed by atoms with E-state index < -0.39 is 16.8 Å². The number of carbonyl (C=O) groups is 1. The molecule has 1 amide bonds. The zero-order valence-corrected chi connectivity index (χ0v) is 15.5. The van der Waals surface area contributed by atoms with Gasteiger partial charge in [-0.3, -0.25) is 9.00 Å². The average Bonchev–Trinajstić information content (AvgIpc) is 3.06. The van der Waals surface area contributed by atoms with E-state index in [-0.39, 0.29) is 17.6 Å². The maximum Gasteiger partial charge on any atom is 0.241 e. The summed E-state index contributed by atoms with van der Waals surface area (Å²) in [5, 5.41) is 3.27. The Kier molecular flexibility index (Phi) is 5.49. The lowest BCUT2D eigenvalue weighted by Gasteiger charge is -2.17. The Morgan fingerprint density at radius 3 is 2.62 bits per heavy atom. The number of nitrogens with two attached hydrogens (primary N) is 1. The summed E-state index contributed by atoms with van der Waals surface area (Å²) in [6.45, 7) is 3.79. The first-order valence-electron chi connectivity index (χ1n) is 8.43. The van der Waals surface area contributed by atoms with Gasteiger partial charge in [0.05, 0.1) is 33.6 Å². The van der Waals surface area contributed by atoms with Crippen LogP contribution in [-0.2, 0) is 21.3 Å². The number of H-pyrrole nitrogens is 1. The number of aromatic amines is 1. The second kappa shape index (κ2) is 7.80. The molecule has 3 rings (SSSR count). The molecule has 6 nitrogen and oxygen atoms in total. The summed E-state index contributed by atoms with van der Waals surface area (Å²) in [6, 6.07) is 14.3. The minimum atomic E-state index is -1.36. The van der Waals surface area contributed by atoms with Crippen molar-refractivity contribution in [2.75, 3.05) is 5.32 Å². The Hall–Kier alpha value is -2.51. The van der Waals surface area contributed by atoms with Crippen molar-refractivity contribution in [3.05, 3.63) is 54.1 Å². The number of carbonyl (C=O) groups excluding carboxylic acids is 1. The van der Waals surface area contributed by atoms with Crippen molar-refractivity contribution < 1.29 is 9.00 Å². The molecule has 2 aromatic carbocycles. The number of nitrogens with one attached hydrogen (secondary N) is 2. The lowest BCUT2D eigenvalue weighted by molar-refractivity contribution is -0.118. The van der Waals surface area contributed by atoms with Crippen LogP contribution in [0.2, 0.25) is 0 Å². The summed E-state index contributed by atoms with van der Waals surface area (Å²) in [6.07, 6.45) is 0. The van der Waals surface area contributed by atoms with Crippen LogP contribution in [0, 0.1) is 5.92 Å². The first-order valence-corrected chi connectivity index (χ1v) is 9.75. The van der Waals surface area contributed by atoms with Gasteiger partial charge in [-0.1, -0.05) is 44.2 Å². The normalized spacial score (nSPS) is 13.7. The number of aromatic nitrogens is 2. The third-order valence-electron chi connectivity index (χ3n) is 4.17. The lowest BCUT2D eigenvalue weighted by atomic mass is 10.0. The Morgan fingerprint density at radius 2 is 1.88 bits per heavy atom. The van der Waals surface area contributed by atoms with E-state index in [1.54, 1.807) is 6.07 Å². The predicted molar refractivity (Wildman–Crippen MR) is 104 cm³/mol. The summed E-state index contributed by atoms with van der Waals surface area (Å²) in [5.74, 6) is 0.0292. The van der Waals surface area contributed by atoms with Crippen LogP contribution in [0.4, 0.5) is 5.69 Å². The Balaban J connectivity index is 1.79. The summed E-state index contributed by atoms with van der Waals surface area (Å²) in [5.41, 5.74) is 8.93. The molecule has 0 bridgehead atoms. The van der Waals surface area contributed by atoms with Gasteiger partial charge in [-0.05, 0) is 29.7 Å². The summed E-state index contributed by atoms with van der Waals surface area (Å²) < 4.78 is 12.7. The summed E-state index contributed by atoms with van der Waals surface area (Å²) in [4.78, 5) is 19.7. The molecular weight excluding hydrogens is 348 g/mol. The SMILES string of the molecule is CC(C)[C@H](N)C(=O)Nc1ccccc1CS(=O)c1nc2ccccc2[nH]1. The molecule has 1 unspecified atom stereocenters. The van der Waals surface area contributed by atoms with Crippen molar-refractivity contribution in [2.24, 2.45) is 11.7 Å². The van der Waals surface area contributed by atoms with Crippen LogP contribution in [0.25, 0.3) is 11.0 Å². The van der Waals surface area contributed by atoms with E-state index in [1.807, 2.05) is 56.3 Å². The number of nitrogens with zero attached hydrogens (tertiary/aromatic N) is 1. The first-order chi connectivity index (χ1) is 12.5. The number of hydrogen-bond donors (Lipinski definition) is 3. The number of para-hydroxylation sites is 3. The maximum atomic E-state index is 12.7. The molecule has 26 heavy (non-hydrogen) atoms. The summed E-state index contributed by atoms with van der Waals surface area (Å²) in [7, 11) is -1.36. The quantitative estimate of drug-likeness (QED) is 0.621. The molecule has 4 N–H and O–H groups in total. The van der Waals surface area contributed by atoms with Crippen LogP contribution in [0.1, 0.15) is 19.4 Å². The number of imidazole rings is 1. The van der Waals surface area contributed by atoms with Gasteiger partial charge in [0.1, 0.15) is 0 Å². The van der Waals surface area contributed by atoms with Gasteiger partial charge in [-0.25, -0.2) is 4.98 Å². The number of benzene rings is 2. The molecule has 0 aliphatic carbocycles. The largest absolute Gasteiger partial charge is 0.331 e. The zero-order chi connectivity index (χ0) is 18.7. The maximum absolute atomic E-state index is 12.7. The third-order valence-corrected chi connectivity index (χ3v) is 5.36. The number of anilines is 1. The van der Waals surface area contributed by atoms with Crippen LogP contribution in [0.15, 0.2) is 53.7 Å². The van der Waals surface area contributed by atoms with E-state index in [0.717, 1.165) is 16.6 Å². The van der Waals surface area contributed by atoms with E-state index in [2.05, 4.69) is 15.3 Å². The minimum Gasteiger partial charge on any atom is -0.331 e. The van der Waals surface area contributed by atoms with Crippen LogP contribution in [0.5, 0.6) is 0 Å². The lowest BCUT2D eigenvalue weighted by Crippen LogP contribution is -2.39. The van der Waals surface area contributed by atoms with Crippen molar-refractivity contribution in [3.8, 4) is 0 Å². The first kappa shape index (κ1) is 18.3. The number of amides is 1. The van der Waals surface area contributed by atoms with E-state index >= 15 is 0 Å². The smallest absolute Gasteiger partial charge is 0.241 e. The van der Waals surface area contributed by atoms with Crippen LogP contribution >= 0.6 is 0 Å². The molecule has 3 aromatic rings. The highest BCUT2D eigenvalue weighted by atomic mass is 32.2. The summed E-state index contributed by atoms with van der Waals surface area (Å²) >= 11 is 0. The molecular formula is C19H22N4O2S.